The number of halogens is 1. The Balaban J connectivity index is 2.45. The van der Waals surface area contributed by atoms with Gasteiger partial charge < -0.3 is 11.5 Å². The third-order valence-electron chi connectivity index (χ3n) is 2.94. The predicted octanol–water partition coefficient (Wildman–Crippen LogP) is 2.00. The SMILES string of the molecule is NC(=O)c1ccccc1CS(=O)(=O)c1ccc(Cl)cc1N. The number of primary amides is 1. The molecule has 7 heteroatoms. The van der Waals surface area contributed by atoms with Crippen molar-refractivity contribution in [1.82, 2.24) is 0 Å². The molecule has 5 nitrogen and oxygen atoms in total. The lowest BCUT2D eigenvalue weighted by atomic mass is 10.1. The first kappa shape index (κ1) is 15.3. The molecule has 0 saturated carbocycles. The van der Waals surface area contributed by atoms with Crippen molar-refractivity contribution in [1.29, 1.82) is 0 Å². The summed E-state index contributed by atoms with van der Waals surface area (Å²) in [6, 6.07) is 10.5. The topological polar surface area (TPSA) is 103 Å². The minimum absolute atomic E-state index is 0.0221. The van der Waals surface area contributed by atoms with E-state index >= 15 is 0 Å². The van der Waals surface area contributed by atoms with Crippen LogP contribution in [0.5, 0.6) is 0 Å². The van der Waals surface area contributed by atoms with E-state index in [9.17, 15) is 13.2 Å². The van der Waals surface area contributed by atoms with E-state index in [1.54, 1.807) is 18.2 Å². The Morgan fingerprint density at radius 1 is 1.14 bits per heavy atom. The monoisotopic (exact) mass is 324 g/mol. The molecule has 0 fully saturated rings. The number of anilines is 1. The molecule has 1 amide bonds. The molecule has 0 aliphatic heterocycles. The molecule has 0 radical (unpaired) electrons. The number of hydrogen-bond donors (Lipinski definition) is 2. The number of nitrogens with two attached hydrogens (primary N) is 2. The van der Waals surface area contributed by atoms with Crippen molar-refractivity contribution < 1.29 is 13.2 Å². The van der Waals surface area contributed by atoms with E-state index in [1.807, 2.05) is 0 Å². The zero-order valence-electron chi connectivity index (χ0n) is 10.9. The predicted molar refractivity (Wildman–Crippen MR) is 81.7 cm³/mol. The van der Waals surface area contributed by atoms with Crippen LogP contribution < -0.4 is 11.5 Å². The van der Waals surface area contributed by atoms with Crippen LogP contribution in [0.25, 0.3) is 0 Å². The Kier molecular flexibility index (Phi) is 4.20. The second kappa shape index (κ2) is 5.75. The second-order valence-corrected chi connectivity index (χ2v) is 6.86. The number of carbonyl (C=O) groups excluding carboxylic acids is 1. The Morgan fingerprint density at radius 3 is 2.43 bits per heavy atom. The molecule has 0 saturated heterocycles. The standard InChI is InChI=1S/C14H13ClN2O3S/c15-10-5-6-13(12(16)7-10)21(19,20)8-9-3-1-2-4-11(9)14(17)18/h1-7H,8,16H2,(H2,17,18). The Morgan fingerprint density at radius 2 is 1.81 bits per heavy atom. The highest BCUT2D eigenvalue weighted by Crippen LogP contribution is 2.26. The summed E-state index contributed by atoms with van der Waals surface area (Å²) in [6.45, 7) is 0. The van der Waals surface area contributed by atoms with Gasteiger partial charge in [-0.2, -0.15) is 0 Å². The number of rotatable bonds is 4. The molecule has 4 N–H and O–H groups in total. The first-order valence-corrected chi connectivity index (χ1v) is 8.00. The van der Waals surface area contributed by atoms with Crippen molar-refractivity contribution in [3.05, 3.63) is 58.6 Å². The molecule has 2 rings (SSSR count). The zero-order valence-corrected chi connectivity index (χ0v) is 12.5. The largest absolute Gasteiger partial charge is 0.398 e. The summed E-state index contributed by atoms with van der Waals surface area (Å²) in [6.07, 6.45) is 0. The van der Waals surface area contributed by atoms with Gasteiger partial charge in [-0.05, 0) is 29.8 Å². The third-order valence-corrected chi connectivity index (χ3v) is 4.90. The van der Waals surface area contributed by atoms with Crippen LogP contribution in [0, 0.1) is 0 Å². The van der Waals surface area contributed by atoms with Gasteiger partial charge in [0.2, 0.25) is 5.91 Å². The molecule has 0 unspecified atom stereocenters. The summed E-state index contributed by atoms with van der Waals surface area (Å²) < 4.78 is 24.9. The van der Waals surface area contributed by atoms with Gasteiger partial charge in [-0.15, -0.1) is 0 Å². The minimum Gasteiger partial charge on any atom is -0.398 e. The smallest absolute Gasteiger partial charge is 0.249 e. The Hall–Kier alpha value is -2.05. The van der Waals surface area contributed by atoms with Crippen LogP contribution in [0.1, 0.15) is 15.9 Å². The fourth-order valence-corrected chi connectivity index (χ4v) is 3.66. The van der Waals surface area contributed by atoms with E-state index in [4.69, 9.17) is 23.1 Å². The van der Waals surface area contributed by atoms with E-state index in [-0.39, 0.29) is 21.9 Å². The third kappa shape index (κ3) is 3.34. The van der Waals surface area contributed by atoms with E-state index in [0.717, 1.165) is 0 Å². The molecule has 21 heavy (non-hydrogen) atoms. The average Bonchev–Trinajstić information content (AvgIpc) is 2.37. The molecule has 0 aliphatic rings. The highest BCUT2D eigenvalue weighted by molar-refractivity contribution is 7.90. The van der Waals surface area contributed by atoms with Gasteiger partial charge in [0.25, 0.3) is 0 Å². The fraction of sp³-hybridized carbons (Fsp3) is 0.0714. The molecule has 0 spiro atoms. The lowest BCUT2D eigenvalue weighted by molar-refractivity contribution is 0.0999. The van der Waals surface area contributed by atoms with Crippen LogP contribution in [0.2, 0.25) is 5.02 Å². The fourth-order valence-electron chi connectivity index (χ4n) is 1.97. The molecule has 0 atom stereocenters. The summed E-state index contributed by atoms with van der Waals surface area (Å²) in [5.41, 5.74) is 11.5. The molecule has 2 aromatic carbocycles. The molecule has 0 aliphatic carbocycles. The van der Waals surface area contributed by atoms with Crippen molar-refractivity contribution in [2.24, 2.45) is 5.73 Å². The maximum atomic E-state index is 12.4. The molecule has 0 bridgehead atoms. The van der Waals surface area contributed by atoms with E-state index < -0.39 is 15.7 Å². The quantitative estimate of drug-likeness (QED) is 0.839. The first-order valence-electron chi connectivity index (χ1n) is 5.97. The molecule has 0 aromatic heterocycles. The highest BCUT2D eigenvalue weighted by atomic mass is 35.5. The van der Waals surface area contributed by atoms with Crippen LogP contribution in [0.3, 0.4) is 0 Å². The number of amides is 1. The Bertz CT molecular complexity index is 804. The number of hydrogen-bond acceptors (Lipinski definition) is 4. The van der Waals surface area contributed by atoms with Crippen LogP contribution >= 0.6 is 11.6 Å². The van der Waals surface area contributed by atoms with E-state index in [0.29, 0.717) is 10.6 Å². The van der Waals surface area contributed by atoms with Gasteiger partial charge >= 0.3 is 0 Å². The van der Waals surface area contributed by atoms with Gasteiger partial charge in [0.1, 0.15) is 0 Å². The van der Waals surface area contributed by atoms with Crippen molar-refractivity contribution in [2.45, 2.75) is 10.6 Å². The van der Waals surface area contributed by atoms with Crippen LogP contribution in [-0.2, 0) is 15.6 Å². The molecule has 110 valence electrons. The Labute approximate surface area is 127 Å². The molecular formula is C14H13ClN2O3S. The van der Waals surface area contributed by atoms with Crippen LogP contribution in [-0.4, -0.2) is 14.3 Å². The van der Waals surface area contributed by atoms with Gasteiger partial charge in [-0.1, -0.05) is 29.8 Å². The molecule has 2 aromatic rings. The minimum atomic E-state index is -3.71. The molecule has 0 heterocycles. The van der Waals surface area contributed by atoms with Crippen molar-refractivity contribution in [3.63, 3.8) is 0 Å². The second-order valence-electron chi connectivity index (χ2n) is 4.46. The van der Waals surface area contributed by atoms with Gasteiger partial charge in [-0.25, -0.2) is 8.42 Å². The van der Waals surface area contributed by atoms with E-state index in [1.165, 1.54) is 24.3 Å². The number of sulfone groups is 1. The maximum absolute atomic E-state index is 12.4. The first-order chi connectivity index (χ1) is 9.81. The summed E-state index contributed by atoms with van der Waals surface area (Å²) in [5.74, 6) is -1.04. The van der Waals surface area contributed by atoms with Crippen molar-refractivity contribution in [3.8, 4) is 0 Å². The lowest BCUT2D eigenvalue weighted by Crippen LogP contribution is -2.16. The summed E-state index contributed by atoms with van der Waals surface area (Å²) in [7, 11) is -3.71. The van der Waals surface area contributed by atoms with Crippen LogP contribution in [0.15, 0.2) is 47.4 Å². The van der Waals surface area contributed by atoms with Gasteiger partial charge in [0.05, 0.1) is 16.3 Å². The average molecular weight is 325 g/mol. The van der Waals surface area contributed by atoms with Crippen LogP contribution in [0.4, 0.5) is 5.69 Å². The summed E-state index contributed by atoms with van der Waals surface area (Å²) in [4.78, 5) is 11.3. The lowest BCUT2D eigenvalue weighted by Gasteiger charge is -2.10. The number of carbonyl (C=O) groups is 1. The summed E-state index contributed by atoms with van der Waals surface area (Å²) in [5, 5.41) is 0.351. The maximum Gasteiger partial charge on any atom is 0.249 e. The highest BCUT2D eigenvalue weighted by Gasteiger charge is 2.21. The van der Waals surface area contributed by atoms with Gasteiger partial charge in [0, 0.05) is 10.6 Å². The van der Waals surface area contributed by atoms with E-state index in [2.05, 4.69) is 0 Å². The number of nitrogen functional groups attached to an aromatic ring is 1. The normalized spacial score (nSPS) is 11.3. The zero-order chi connectivity index (χ0) is 15.6. The van der Waals surface area contributed by atoms with Crippen molar-refractivity contribution >= 4 is 33.0 Å². The summed E-state index contributed by atoms with van der Waals surface area (Å²) >= 11 is 5.76. The van der Waals surface area contributed by atoms with Gasteiger partial charge in [-0.3, -0.25) is 4.79 Å². The van der Waals surface area contributed by atoms with Crippen molar-refractivity contribution in [2.75, 3.05) is 5.73 Å². The number of benzene rings is 2. The van der Waals surface area contributed by atoms with Gasteiger partial charge in [0.15, 0.2) is 9.84 Å². The molecular weight excluding hydrogens is 312 g/mol.